The second-order valence-electron chi connectivity index (χ2n) is 7.53. The van der Waals surface area contributed by atoms with Crippen molar-refractivity contribution in [2.75, 3.05) is 19.7 Å². The molecule has 1 aliphatic heterocycles. The summed E-state index contributed by atoms with van der Waals surface area (Å²) in [5.74, 6) is -1.36. The number of hydrogen-bond acceptors (Lipinski definition) is 5. The van der Waals surface area contributed by atoms with Gasteiger partial charge in [0, 0.05) is 18.7 Å². The fourth-order valence-electron chi connectivity index (χ4n) is 3.86. The van der Waals surface area contributed by atoms with Crippen LogP contribution in [0.1, 0.15) is 35.8 Å². The molecule has 0 aliphatic carbocycles. The van der Waals surface area contributed by atoms with Crippen molar-refractivity contribution in [1.29, 1.82) is 0 Å². The molecule has 0 spiro atoms. The van der Waals surface area contributed by atoms with Crippen LogP contribution in [-0.4, -0.2) is 51.1 Å². The van der Waals surface area contributed by atoms with Crippen LogP contribution in [0.15, 0.2) is 42.6 Å². The summed E-state index contributed by atoms with van der Waals surface area (Å²) >= 11 is 0. The number of alkyl halides is 3. The van der Waals surface area contributed by atoms with Crippen molar-refractivity contribution < 1.29 is 27.5 Å². The van der Waals surface area contributed by atoms with Crippen LogP contribution in [0.5, 0.6) is 0 Å². The van der Waals surface area contributed by atoms with E-state index >= 15 is 0 Å². The van der Waals surface area contributed by atoms with E-state index in [2.05, 4.69) is 10.1 Å². The number of piperidine rings is 1. The normalized spacial score (nSPS) is 16.9. The summed E-state index contributed by atoms with van der Waals surface area (Å²) in [6.45, 7) is 2.47. The lowest BCUT2D eigenvalue weighted by molar-refractivity contribution is -0.149. The number of aromatic nitrogens is 3. The second-order valence-corrected chi connectivity index (χ2v) is 7.53. The van der Waals surface area contributed by atoms with Gasteiger partial charge in [0.25, 0.3) is 5.91 Å². The van der Waals surface area contributed by atoms with Crippen molar-refractivity contribution in [3.05, 3.63) is 53.9 Å². The van der Waals surface area contributed by atoms with Crippen LogP contribution < -0.4 is 0 Å². The first-order valence-corrected chi connectivity index (χ1v) is 10.3. The Bertz CT molecular complexity index is 1140. The van der Waals surface area contributed by atoms with Crippen LogP contribution in [0, 0.1) is 5.92 Å². The van der Waals surface area contributed by atoms with E-state index in [0.29, 0.717) is 29.5 Å². The van der Waals surface area contributed by atoms with Gasteiger partial charge in [0.1, 0.15) is 5.56 Å². The Morgan fingerprint density at radius 2 is 1.97 bits per heavy atom. The lowest BCUT2D eigenvalue weighted by atomic mass is 9.97. The molecule has 10 heteroatoms. The van der Waals surface area contributed by atoms with Crippen molar-refractivity contribution in [2.45, 2.75) is 25.9 Å². The summed E-state index contributed by atoms with van der Waals surface area (Å²) in [7, 11) is 0. The predicted molar refractivity (Wildman–Crippen MR) is 109 cm³/mol. The predicted octanol–water partition coefficient (Wildman–Crippen LogP) is 3.83. The molecule has 0 N–H and O–H groups in total. The molecular formula is C22H21F3N4O3. The van der Waals surface area contributed by atoms with Crippen LogP contribution in [0.3, 0.4) is 0 Å². The highest BCUT2D eigenvalue weighted by Gasteiger charge is 2.37. The fraction of sp³-hybridized carbons (Fsp3) is 0.364. The molecule has 1 aromatic carbocycles. The Morgan fingerprint density at radius 3 is 2.66 bits per heavy atom. The number of likely N-dealkylation sites (tertiary alicyclic amines) is 1. The zero-order chi connectivity index (χ0) is 22.9. The van der Waals surface area contributed by atoms with E-state index in [9.17, 15) is 22.8 Å². The maximum absolute atomic E-state index is 13.8. The Balaban J connectivity index is 1.75. The standard InChI is InChI=1S/C22H21F3N4O3/c1-2-32-21(31)15-9-6-10-28(13-15)20(30)16-12-26-29-18(22(23,24)25)11-17(27-19(16)29)14-7-4-3-5-8-14/h3-5,7-8,11-12,15H,2,6,9-10,13H2,1H3/t15-/m0/s1. The maximum Gasteiger partial charge on any atom is 0.433 e. The molecule has 1 aliphatic rings. The van der Waals surface area contributed by atoms with Gasteiger partial charge in [0.05, 0.1) is 24.4 Å². The molecule has 0 saturated carbocycles. The summed E-state index contributed by atoms with van der Waals surface area (Å²) in [5.41, 5.74) is -0.674. The van der Waals surface area contributed by atoms with Gasteiger partial charge in [0.15, 0.2) is 11.3 Å². The van der Waals surface area contributed by atoms with Crippen LogP contribution in [0.2, 0.25) is 0 Å². The number of hydrogen-bond donors (Lipinski definition) is 0. The van der Waals surface area contributed by atoms with E-state index in [1.807, 2.05) is 0 Å². The van der Waals surface area contributed by atoms with Crippen molar-refractivity contribution in [1.82, 2.24) is 19.5 Å². The third kappa shape index (κ3) is 4.17. The summed E-state index contributed by atoms with van der Waals surface area (Å²) in [4.78, 5) is 31.1. The lowest BCUT2D eigenvalue weighted by Crippen LogP contribution is -2.42. The summed E-state index contributed by atoms with van der Waals surface area (Å²) < 4.78 is 47.0. The number of benzene rings is 1. The Labute approximate surface area is 181 Å². The second kappa shape index (κ2) is 8.60. The van der Waals surface area contributed by atoms with Crippen molar-refractivity contribution in [3.63, 3.8) is 0 Å². The molecule has 1 fully saturated rings. The van der Waals surface area contributed by atoms with Crippen molar-refractivity contribution in [3.8, 4) is 11.3 Å². The fourth-order valence-corrected chi connectivity index (χ4v) is 3.86. The molecule has 3 heterocycles. The molecule has 1 amide bonds. The topological polar surface area (TPSA) is 76.8 Å². The van der Waals surface area contributed by atoms with E-state index in [0.717, 1.165) is 12.3 Å². The smallest absolute Gasteiger partial charge is 0.433 e. The first-order chi connectivity index (χ1) is 15.3. The Hall–Kier alpha value is -3.43. The minimum absolute atomic E-state index is 0.0437. The zero-order valence-electron chi connectivity index (χ0n) is 17.3. The number of amides is 1. The number of esters is 1. The van der Waals surface area contributed by atoms with Gasteiger partial charge in [-0.05, 0) is 25.8 Å². The molecule has 32 heavy (non-hydrogen) atoms. The van der Waals surface area contributed by atoms with Gasteiger partial charge in [-0.15, -0.1) is 0 Å². The lowest BCUT2D eigenvalue weighted by Gasteiger charge is -2.31. The Morgan fingerprint density at radius 1 is 1.22 bits per heavy atom. The number of rotatable bonds is 4. The maximum atomic E-state index is 13.8. The number of ether oxygens (including phenoxy) is 1. The zero-order valence-corrected chi connectivity index (χ0v) is 17.3. The number of nitrogens with zero attached hydrogens (tertiary/aromatic N) is 4. The third-order valence-corrected chi connectivity index (χ3v) is 5.39. The molecule has 3 aromatic rings. The summed E-state index contributed by atoms with van der Waals surface area (Å²) in [6.07, 6.45) is -2.42. The number of fused-ring (bicyclic) bond motifs is 1. The molecule has 168 valence electrons. The number of carbonyl (C=O) groups excluding carboxylic acids is 2. The van der Waals surface area contributed by atoms with Gasteiger partial charge in [-0.1, -0.05) is 30.3 Å². The van der Waals surface area contributed by atoms with E-state index in [1.54, 1.807) is 37.3 Å². The van der Waals surface area contributed by atoms with Gasteiger partial charge in [-0.3, -0.25) is 9.59 Å². The van der Waals surface area contributed by atoms with Crippen LogP contribution in [0.4, 0.5) is 13.2 Å². The quantitative estimate of drug-likeness (QED) is 0.570. The van der Waals surface area contributed by atoms with Crippen molar-refractivity contribution in [2.24, 2.45) is 5.92 Å². The molecule has 1 atom stereocenters. The average Bonchev–Trinajstić information content (AvgIpc) is 3.22. The van der Waals surface area contributed by atoms with Crippen LogP contribution >= 0.6 is 0 Å². The van der Waals surface area contributed by atoms with E-state index in [1.165, 1.54) is 4.90 Å². The molecule has 7 nitrogen and oxygen atoms in total. The van der Waals surface area contributed by atoms with Gasteiger partial charge in [-0.25, -0.2) is 9.50 Å². The van der Waals surface area contributed by atoms with Crippen LogP contribution in [0.25, 0.3) is 16.9 Å². The molecule has 4 rings (SSSR count). The Kier molecular flexibility index (Phi) is 5.86. The monoisotopic (exact) mass is 446 g/mol. The molecule has 0 radical (unpaired) electrons. The van der Waals surface area contributed by atoms with E-state index in [4.69, 9.17) is 4.74 Å². The highest BCUT2D eigenvalue weighted by Crippen LogP contribution is 2.33. The molecule has 0 bridgehead atoms. The SMILES string of the molecule is CCOC(=O)[C@H]1CCCN(C(=O)c2cnn3c(C(F)(F)F)cc(-c4ccccc4)nc23)C1. The van der Waals surface area contributed by atoms with Gasteiger partial charge < -0.3 is 9.64 Å². The molecule has 2 aromatic heterocycles. The highest BCUT2D eigenvalue weighted by molar-refractivity contribution is 6.00. The average molecular weight is 446 g/mol. The largest absolute Gasteiger partial charge is 0.466 e. The minimum atomic E-state index is -4.70. The molecular weight excluding hydrogens is 425 g/mol. The first-order valence-electron chi connectivity index (χ1n) is 10.3. The minimum Gasteiger partial charge on any atom is -0.466 e. The van der Waals surface area contributed by atoms with Gasteiger partial charge in [-0.2, -0.15) is 18.3 Å². The molecule has 0 unspecified atom stereocenters. The van der Waals surface area contributed by atoms with Gasteiger partial charge in [0.2, 0.25) is 0 Å². The van der Waals surface area contributed by atoms with Gasteiger partial charge >= 0.3 is 12.1 Å². The summed E-state index contributed by atoms with van der Waals surface area (Å²) in [6, 6.07) is 9.34. The highest BCUT2D eigenvalue weighted by atomic mass is 19.4. The van der Waals surface area contributed by atoms with Crippen molar-refractivity contribution >= 4 is 17.5 Å². The first kappa shape index (κ1) is 21.8. The van der Waals surface area contributed by atoms with E-state index < -0.39 is 23.7 Å². The van der Waals surface area contributed by atoms with Crippen LogP contribution in [-0.2, 0) is 15.7 Å². The number of carbonyl (C=O) groups is 2. The third-order valence-electron chi connectivity index (χ3n) is 5.39. The molecule has 1 saturated heterocycles. The number of halogens is 3. The summed E-state index contributed by atoms with van der Waals surface area (Å²) in [5, 5.41) is 3.81. The van der Waals surface area contributed by atoms with E-state index in [-0.39, 0.29) is 36.0 Å².